The van der Waals surface area contributed by atoms with Gasteiger partial charge >= 0.3 is 5.97 Å². The number of nitrogens with one attached hydrogen (secondary N) is 1. The van der Waals surface area contributed by atoms with E-state index in [4.69, 9.17) is 5.11 Å². The standard InChI is InChI=1S/C13H11BrN2O2/c1-8-2-3-9(14)6-11(8)16-10-4-5-15-12(7-10)13(17)18/h2-7H,1H3,(H,15,16)(H,17,18). The zero-order valence-corrected chi connectivity index (χ0v) is 11.2. The predicted octanol–water partition coefficient (Wildman–Crippen LogP) is 3.59. The Morgan fingerprint density at radius 3 is 2.83 bits per heavy atom. The Morgan fingerprint density at radius 2 is 2.11 bits per heavy atom. The van der Waals surface area contributed by atoms with Gasteiger partial charge < -0.3 is 10.4 Å². The van der Waals surface area contributed by atoms with Crippen molar-refractivity contribution in [3.05, 3.63) is 52.3 Å². The van der Waals surface area contributed by atoms with E-state index in [0.717, 1.165) is 15.7 Å². The highest BCUT2D eigenvalue weighted by Gasteiger charge is 2.06. The highest BCUT2D eigenvalue weighted by molar-refractivity contribution is 9.10. The van der Waals surface area contributed by atoms with Gasteiger partial charge in [-0.3, -0.25) is 0 Å². The van der Waals surface area contributed by atoms with E-state index in [2.05, 4.69) is 26.2 Å². The molecule has 2 rings (SSSR count). The lowest BCUT2D eigenvalue weighted by molar-refractivity contribution is 0.0690. The Morgan fingerprint density at radius 1 is 1.33 bits per heavy atom. The molecule has 0 bridgehead atoms. The molecule has 0 aliphatic carbocycles. The normalized spacial score (nSPS) is 10.1. The molecule has 0 amide bonds. The number of hydrogen-bond acceptors (Lipinski definition) is 3. The molecule has 0 aliphatic heterocycles. The quantitative estimate of drug-likeness (QED) is 0.909. The minimum Gasteiger partial charge on any atom is -0.477 e. The molecule has 4 nitrogen and oxygen atoms in total. The molecule has 0 radical (unpaired) electrons. The van der Waals surface area contributed by atoms with Crippen LogP contribution in [0.5, 0.6) is 0 Å². The third-order valence-corrected chi connectivity index (χ3v) is 2.95. The molecule has 2 N–H and O–H groups in total. The first-order valence-corrected chi connectivity index (χ1v) is 6.08. The Bertz CT molecular complexity index is 599. The van der Waals surface area contributed by atoms with E-state index < -0.39 is 5.97 Å². The number of hydrogen-bond donors (Lipinski definition) is 2. The summed E-state index contributed by atoms with van der Waals surface area (Å²) in [4.78, 5) is 14.6. The lowest BCUT2D eigenvalue weighted by atomic mass is 10.2. The zero-order valence-electron chi connectivity index (χ0n) is 9.64. The molecule has 0 unspecified atom stereocenters. The maximum absolute atomic E-state index is 10.8. The van der Waals surface area contributed by atoms with Crippen LogP contribution in [0.2, 0.25) is 0 Å². The van der Waals surface area contributed by atoms with Crippen LogP contribution < -0.4 is 5.32 Å². The molecule has 1 aromatic carbocycles. The Hall–Kier alpha value is -1.88. The van der Waals surface area contributed by atoms with Gasteiger partial charge in [-0.2, -0.15) is 0 Å². The van der Waals surface area contributed by atoms with Gasteiger partial charge in [0.1, 0.15) is 5.69 Å². The smallest absolute Gasteiger partial charge is 0.354 e. The first-order chi connectivity index (χ1) is 8.56. The number of carboxylic acid groups (broad SMARTS) is 1. The molecule has 92 valence electrons. The number of carboxylic acids is 1. The summed E-state index contributed by atoms with van der Waals surface area (Å²) < 4.78 is 0.961. The van der Waals surface area contributed by atoms with Gasteiger partial charge in [0.05, 0.1) is 0 Å². The summed E-state index contributed by atoms with van der Waals surface area (Å²) in [6.45, 7) is 1.98. The van der Waals surface area contributed by atoms with Gasteiger partial charge in [-0.15, -0.1) is 0 Å². The zero-order chi connectivity index (χ0) is 13.1. The van der Waals surface area contributed by atoms with Gasteiger partial charge in [-0.1, -0.05) is 22.0 Å². The average molecular weight is 307 g/mol. The van der Waals surface area contributed by atoms with E-state index in [0.29, 0.717) is 5.69 Å². The maximum atomic E-state index is 10.8. The molecule has 0 aliphatic rings. The second-order valence-electron chi connectivity index (χ2n) is 3.82. The van der Waals surface area contributed by atoms with E-state index in [9.17, 15) is 4.79 Å². The molecule has 0 saturated carbocycles. The van der Waals surface area contributed by atoms with Crippen molar-refractivity contribution in [1.82, 2.24) is 4.98 Å². The Balaban J connectivity index is 2.31. The second-order valence-corrected chi connectivity index (χ2v) is 4.73. The van der Waals surface area contributed by atoms with Crippen molar-refractivity contribution in [3.63, 3.8) is 0 Å². The molecule has 0 spiro atoms. The highest BCUT2D eigenvalue weighted by atomic mass is 79.9. The van der Waals surface area contributed by atoms with Crippen LogP contribution in [-0.2, 0) is 0 Å². The molecular weight excluding hydrogens is 296 g/mol. The summed E-state index contributed by atoms with van der Waals surface area (Å²) in [6.07, 6.45) is 1.47. The summed E-state index contributed by atoms with van der Waals surface area (Å²) in [7, 11) is 0. The summed E-state index contributed by atoms with van der Waals surface area (Å²) in [5.41, 5.74) is 2.72. The number of aryl methyl sites for hydroxylation is 1. The van der Waals surface area contributed by atoms with Crippen LogP contribution in [0.1, 0.15) is 16.1 Å². The molecule has 0 atom stereocenters. The van der Waals surface area contributed by atoms with Gasteiger partial charge in [-0.05, 0) is 36.8 Å². The molecule has 1 heterocycles. The molecule has 1 aromatic heterocycles. The van der Waals surface area contributed by atoms with E-state index in [1.165, 1.54) is 12.3 Å². The monoisotopic (exact) mass is 306 g/mol. The molecular formula is C13H11BrN2O2. The van der Waals surface area contributed by atoms with Gasteiger partial charge in [0.2, 0.25) is 0 Å². The predicted molar refractivity (Wildman–Crippen MR) is 73.4 cm³/mol. The second kappa shape index (κ2) is 5.18. The first kappa shape index (κ1) is 12.6. The van der Waals surface area contributed by atoms with Crippen molar-refractivity contribution in [2.75, 3.05) is 5.32 Å². The van der Waals surface area contributed by atoms with Gasteiger partial charge in [0.25, 0.3) is 0 Å². The summed E-state index contributed by atoms with van der Waals surface area (Å²) in [5.74, 6) is -1.04. The Labute approximate surface area is 113 Å². The Kier molecular flexibility index (Phi) is 3.62. The number of anilines is 2. The number of pyridine rings is 1. The number of halogens is 1. The van der Waals surface area contributed by atoms with Crippen molar-refractivity contribution in [3.8, 4) is 0 Å². The van der Waals surface area contributed by atoms with Gasteiger partial charge in [0, 0.05) is 22.0 Å². The van der Waals surface area contributed by atoms with Crippen LogP contribution in [0.25, 0.3) is 0 Å². The van der Waals surface area contributed by atoms with Crippen molar-refractivity contribution in [2.45, 2.75) is 6.92 Å². The number of benzene rings is 1. The van der Waals surface area contributed by atoms with Crippen molar-refractivity contribution in [2.24, 2.45) is 0 Å². The number of aromatic carboxylic acids is 1. The molecule has 0 fully saturated rings. The minimum absolute atomic E-state index is 0.0210. The van der Waals surface area contributed by atoms with Gasteiger partial charge in [0.15, 0.2) is 0 Å². The largest absolute Gasteiger partial charge is 0.477 e. The van der Waals surface area contributed by atoms with Crippen LogP contribution in [0.3, 0.4) is 0 Å². The maximum Gasteiger partial charge on any atom is 0.354 e. The van der Waals surface area contributed by atoms with Crippen LogP contribution in [0.15, 0.2) is 41.0 Å². The third-order valence-electron chi connectivity index (χ3n) is 2.46. The van der Waals surface area contributed by atoms with Crippen LogP contribution >= 0.6 is 15.9 Å². The first-order valence-electron chi connectivity index (χ1n) is 5.29. The average Bonchev–Trinajstić information content (AvgIpc) is 2.34. The fourth-order valence-corrected chi connectivity index (χ4v) is 1.87. The lowest BCUT2D eigenvalue weighted by Gasteiger charge is -2.10. The molecule has 18 heavy (non-hydrogen) atoms. The third kappa shape index (κ3) is 2.87. The number of aromatic nitrogens is 1. The van der Waals surface area contributed by atoms with E-state index in [-0.39, 0.29) is 5.69 Å². The van der Waals surface area contributed by atoms with E-state index in [1.54, 1.807) is 6.07 Å². The van der Waals surface area contributed by atoms with Gasteiger partial charge in [-0.25, -0.2) is 9.78 Å². The molecule has 5 heteroatoms. The molecule has 0 saturated heterocycles. The van der Waals surface area contributed by atoms with Crippen LogP contribution in [0, 0.1) is 6.92 Å². The fraction of sp³-hybridized carbons (Fsp3) is 0.0769. The SMILES string of the molecule is Cc1ccc(Br)cc1Nc1ccnc(C(=O)O)c1. The summed E-state index contributed by atoms with van der Waals surface area (Å²) in [6, 6.07) is 9.10. The van der Waals surface area contributed by atoms with Crippen LogP contribution in [-0.4, -0.2) is 16.1 Å². The van der Waals surface area contributed by atoms with Crippen molar-refractivity contribution < 1.29 is 9.90 Å². The lowest BCUT2D eigenvalue weighted by Crippen LogP contribution is -2.01. The van der Waals surface area contributed by atoms with Crippen molar-refractivity contribution >= 4 is 33.3 Å². The number of carbonyl (C=O) groups is 1. The minimum atomic E-state index is -1.04. The molecule has 2 aromatic rings. The van der Waals surface area contributed by atoms with E-state index >= 15 is 0 Å². The number of rotatable bonds is 3. The summed E-state index contributed by atoms with van der Waals surface area (Å²) >= 11 is 3.40. The highest BCUT2D eigenvalue weighted by Crippen LogP contribution is 2.24. The number of nitrogens with zero attached hydrogens (tertiary/aromatic N) is 1. The fourth-order valence-electron chi connectivity index (χ4n) is 1.51. The van der Waals surface area contributed by atoms with Crippen molar-refractivity contribution in [1.29, 1.82) is 0 Å². The van der Waals surface area contributed by atoms with E-state index in [1.807, 2.05) is 25.1 Å². The van der Waals surface area contributed by atoms with Crippen LogP contribution in [0.4, 0.5) is 11.4 Å². The topological polar surface area (TPSA) is 62.2 Å². The summed E-state index contributed by atoms with van der Waals surface area (Å²) in [5, 5.41) is 12.1.